The lowest BCUT2D eigenvalue weighted by atomic mass is 10.0. The fourth-order valence-electron chi connectivity index (χ4n) is 2.32. The monoisotopic (exact) mass is 327 g/mol. The maximum atomic E-state index is 12.9. The van der Waals surface area contributed by atoms with Crippen LogP contribution in [0, 0.1) is 12.7 Å². The summed E-state index contributed by atoms with van der Waals surface area (Å²) in [4.78, 5) is 12.0. The smallest absolute Gasteiger partial charge is 0.224 e. The van der Waals surface area contributed by atoms with E-state index in [0.717, 1.165) is 5.56 Å². The van der Waals surface area contributed by atoms with Crippen molar-refractivity contribution in [3.05, 3.63) is 77.1 Å². The zero-order chi connectivity index (χ0) is 17.5. The predicted molar refractivity (Wildman–Crippen MR) is 93.8 cm³/mol. The summed E-state index contributed by atoms with van der Waals surface area (Å²) in [6.07, 6.45) is 3.03. The molecule has 2 rings (SSSR count). The summed E-state index contributed by atoms with van der Waals surface area (Å²) in [5, 5.41) is 13.0. The highest BCUT2D eigenvalue weighted by Gasteiger charge is 2.17. The van der Waals surface area contributed by atoms with Gasteiger partial charge in [0.05, 0.1) is 12.1 Å². The molecule has 1 amide bonds. The Morgan fingerprint density at radius 1 is 1.17 bits per heavy atom. The van der Waals surface area contributed by atoms with Crippen molar-refractivity contribution in [2.24, 2.45) is 0 Å². The summed E-state index contributed by atoms with van der Waals surface area (Å²) in [5.41, 5.74) is 2.79. The van der Waals surface area contributed by atoms with Crippen LogP contribution in [0.4, 0.5) is 4.39 Å². The molecule has 0 saturated heterocycles. The molecule has 0 saturated carbocycles. The molecule has 4 heteroatoms. The number of carbonyl (C=O) groups excluding carboxylic acids is 1. The van der Waals surface area contributed by atoms with Crippen LogP contribution in [-0.4, -0.2) is 17.1 Å². The van der Waals surface area contributed by atoms with Gasteiger partial charge in [0.15, 0.2) is 0 Å². The molecule has 0 heterocycles. The van der Waals surface area contributed by atoms with Gasteiger partial charge in [-0.2, -0.15) is 0 Å². The Bertz CT molecular complexity index is 693. The molecule has 0 aliphatic heterocycles. The number of halogens is 1. The van der Waals surface area contributed by atoms with Crippen molar-refractivity contribution in [3.8, 4) is 0 Å². The second-order valence-corrected chi connectivity index (χ2v) is 5.87. The number of aliphatic hydroxyl groups excluding tert-OH is 1. The van der Waals surface area contributed by atoms with Gasteiger partial charge < -0.3 is 10.4 Å². The molecule has 0 aromatic heterocycles. The van der Waals surface area contributed by atoms with Crippen LogP contribution in [-0.2, 0) is 4.79 Å². The molecule has 2 aromatic rings. The van der Waals surface area contributed by atoms with Crippen LogP contribution < -0.4 is 5.32 Å². The molecule has 0 fully saturated rings. The number of hydrogen-bond donors (Lipinski definition) is 2. The summed E-state index contributed by atoms with van der Waals surface area (Å²) in [7, 11) is 0. The van der Waals surface area contributed by atoms with E-state index in [9.17, 15) is 14.3 Å². The lowest BCUT2D eigenvalue weighted by Gasteiger charge is -2.20. The molecule has 24 heavy (non-hydrogen) atoms. The quantitative estimate of drug-likeness (QED) is 0.848. The zero-order valence-electron chi connectivity index (χ0n) is 13.9. The molecule has 2 atom stereocenters. The van der Waals surface area contributed by atoms with E-state index in [2.05, 4.69) is 5.32 Å². The lowest BCUT2D eigenvalue weighted by Crippen LogP contribution is -2.36. The van der Waals surface area contributed by atoms with Crippen molar-refractivity contribution in [2.75, 3.05) is 0 Å². The van der Waals surface area contributed by atoms with Crippen molar-refractivity contribution in [3.63, 3.8) is 0 Å². The average Bonchev–Trinajstić information content (AvgIpc) is 2.56. The Kier molecular flexibility index (Phi) is 6.27. The van der Waals surface area contributed by atoms with Gasteiger partial charge in [0, 0.05) is 6.42 Å². The molecule has 2 unspecified atom stereocenters. The lowest BCUT2D eigenvalue weighted by molar-refractivity contribution is -0.121. The van der Waals surface area contributed by atoms with Crippen LogP contribution in [0.15, 0.2) is 54.6 Å². The third-order valence-electron chi connectivity index (χ3n) is 3.76. The second-order valence-electron chi connectivity index (χ2n) is 5.87. The predicted octanol–water partition coefficient (Wildman–Crippen LogP) is 3.78. The first-order valence-electron chi connectivity index (χ1n) is 7.92. The molecule has 0 spiro atoms. The van der Waals surface area contributed by atoms with Gasteiger partial charge in [0.25, 0.3) is 0 Å². The van der Waals surface area contributed by atoms with Crippen LogP contribution >= 0.6 is 0 Å². The number of rotatable bonds is 6. The van der Waals surface area contributed by atoms with E-state index in [4.69, 9.17) is 0 Å². The third kappa shape index (κ3) is 5.32. The normalized spacial score (nSPS) is 13.7. The number of carbonyl (C=O) groups is 1. The number of nitrogens with one attached hydrogen (secondary N) is 1. The number of aryl methyl sites for hydroxylation is 1. The highest BCUT2D eigenvalue weighted by molar-refractivity contribution is 5.78. The molecule has 0 aliphatic carbocycles. The van der Waals surface area contributed by atoms with Crippen LogP contribution in [0.3, 0.4) is 0 Å². The van der Waals surface area contributed by atoms with E-state index >= 15 is 0 Å². The minimum absolute atomic E-state index is 0.174. The Balaban J connectivity index is 1.84. The number of benzene rings is 2. The second kappa shape index (κ2) is 8.41. The summed E-state index contributed by atoms with van der Waals surface area (Å²) >= 11 is 0. The molecule has 3 nitrogen and oxygen atoms in total. The molecule has 0 aliphatic rings. The van der Waals surface area contributed by atoms with Crippen LogP contribution in [0.1, 0.15) is 36.1 Å². The van der Waals surface area contributed by atoms with Crippen molar-refractivity contribution in [2.45, 2.75) is 32.4 Å². The van der Waals surface area contributed by atoms with Crippen molar-refractivity contribution in [1.82, 2.24) is 5.32 Å². The fourth-order valence-corrected chi connectivity index (χ4v) is 2.32. The van der Waals surface area contributed by atoms with Gasteiger partial charge in [-0.05, 0) is 37.1 Å². The molecule has 2 aromatic carbocycles. The van der Waals surface area contributed by atoms with E-state index in [1.54, 1.807) is 13.0 Å². The van der Waals surface area contributed by atoms with Gasteiger partial charge in [0.1, 0.15) is 5.82 Å². The summed E-state index contributed by atoms with van der Waals surface area (Å²) in [5.74, 6) is -0.532. The Morgan fingerprint density at radius 2 is 1.79 bits per heavy atom. The number of amides is 1. The van der Waals surface area contributed by atoms with Crippen LogP contribution in [0.25, 0.3) is 6.08 Å². The Hall–Kier alpha value is -2.46. The molecular weight excluding hydrogens is 305 g/mol. The Labute approximate surface area is 141 Å². The first-order valence-corrected chi connectivity index (χ1v) is 7.92. The molecular formula is C20H22FNO2. The highest BCUT2D eigenvalue weighted by atomic mass is 19.1. The van der Waals surface area contributed by atoms with E-state index < -0.39 is 12.1 Å². The largest absolute Gasteiger partial charge is 0.386 e. The maximum Gasteiger partial charge on any atom is 0.224 e. The fraction of sp³-hybridized carbons (Fsp3) is 0.250. The van der Waals surface area contributed by atoms with Crippen LogP contribution in [0.5, 0.6) is 0 Å². The third-order valence-corrected chi connectivity index (χ3v) is 3.76. The van der Waals surface area contributed by atoms with Crippen LogP contribution in [0.2, 0.25) is 0 Å². The number of hydrogen-bond acceptors (Lipinski definition) is 2. The highest BCUT2D eigenvalue weighted by Crippen LogP contribution is 2.17. The van der Waals surface area contributed by atoms with Gasteiger partial charge in [-0.3, -0.25) is 4.79 Å². The summed E-state index contributed by atoms with van der Waals surface area (Å²) in [6.45, 7) is 3.74. The summed E-state index contributed by atoms with van der Waals surface area (Å²) < 4.78 is 12.9. The minimum Gasteiger partial charge on any atom is -0.386 e. The van der Waals surface area contributed by atoms with Gasteiger partial charge >= 0.3 is 0 Å². The van der Waals surface area contributed by atoms with Gasteiger partial charge in [-0.25, -0.2) is 4.39 Å². The Morgan fingerprint density at radius 3 is 2.42 bits per heavy atom. The summed E-state index contributed by atoms with van der Waals surface area (Å²) in [6, 6.07) is 13.2. The van der Waals surface area contributed by atoms with E-state index in [-0.39, 0.29) is 18.1 Å². The van der Waals surface area contributed by atoms with Gasteiger partial charge in [0.2, 0.25) is 5.91 Å². The topological polar surface area (TPSA) is 49.3 Å². The average molecular weight is 327 g/mol. The first kappa shape index (κ1) is 17.9. The van der Waals surface area contributed by atoms with Crippen molar-refractivity contribution in [1.29, 1.82) is 0 Å². The standard InChI is InChI=1S/C20H22FNO2/c1-14-6-8-16(9-7-14)4-3-5-19(23)22-15(2)20(24)17-10-12-18(21)13-11-17/h3-4,6-13,15,20,24H,5H2,1-2H3,(H,22,23)/b4-3+. The van der Waals surface area contributed by atoms with E-state index in [1.165, 1.54) is 29.8 Å². The maximum absolute atomic E-state index is 12.9. The van der Waals surface area contributed by atoms with Crippen molar-refractivity contribution >= 4 is 12.0 Å². The van der Waals surface area contributed by atoms with Gasteiger partial charge in [-0.1, -0.05) is 54.1 Å². The molecule has 2 N–H and O–H groups in total. The number of aliphatic hydroxyl groups is 1. The molecule has 0 bridgehead atoms. The van der Waals surface area contributed by atoms with Crippen molar-refractivity contribution < 1.29 is 14.3 Å². The minimum atomic E-state index is -0.879. The van der Waals surface area contributed by atoms with E-state index in [0.29, 0.717) is 5.56 Å². The zero-order valence-corrected chi connectivity index (χ0v) is 13.9. The molecule has 0 radical (unpaired) electrons. The van der Waals surface area contributed by atoms with E-state index in [1.807, 2.05) is 37.3 Å². The first-order chi connectivity index (χ1) is 11.5. The van der Waals surface area contributed by atoms with Gasteiger partial charge in [-0.15, -0.1) is 0 Å². The molecule has 126 valence electrons. The SMILES string of the molecule is Cc1ccc(/C=C/CC(=O)NC(C)C(O)c2ccc(F)cc2)cc1.